The van der Waals surface area contributed by atoms with Gasteiger partial charge in [-0.3, -0.25) is 4.79 Å². The molecule has 0 aliphatic heterocycles. The van der Waals surface area contributed by atoms with E-state index in [0.29, 0.717) is 15.6 Å². The van der Waals surface area contributed by atoms with Crippen LogP contribution in [-0.2, 0) is 0 Å². The molecule has 0 aromatic heterocycles. The quantitative estimate of drug-likeness (QED) is 0.878. The van der Waals surface area contributed by atoms with Crippen molar-refractivity contribution in [2.45, 2.75) is 37.8 Å². The van der Waals surface area contributed by atoms with E-state index in [1.807, 2.05) is 0 Å². The van der Waals surface area contributed by atoms with Crippen LogP contribution in [0.1, 0.15) is 36.0 Å². The number of rotatable bonds is 2. The molecule has 1 aliphatic carbocycles. The largest absolute Gasteiger partial charge is 0.349 e. The van der Waals surface area contributed by atoms with E-state index in [1.54, 1.807) is 18.2 Å². The Hall–Kier alpha value is -0.770. The molecule has 1 aromatic rings. The highest BCUT2D eigenvalue weighted by Crippen LogP contribution is 2.25. The van der Waals surface area contributed by atoms with Crippen molar-refractivity contribution < 1.29 is 4.79 Å². The highest BCUT2D eigenvalue weighted by molar-refractivity contribution is 6.39. The lowest BCUT2D eigenvalue weighted by Crippen LogP contribution is -2.40. The lowest BCUT2D eigenvalue weighted by Gasteiger charge is -2.27. The summed E-state index contributed by atoms with van der Waals surface area (Å²) in [5.74, 6) is -0.203. The van der Waals surface area contributed by atoms with Crippen LogP contribution in [0, 0.1) is 0 Å². The normalized spacial score (nSPS) is 23.7. The maximum absolute atomic E-state index is 12.1. The first-order chi connectivity index (χ1) is 8.58. The van der Waals surface area contributed by atoms with E-state index in [4.69, 9.17) is 28.9 Å². The van der Waals surface area contributed by atoms with Crippen LogP contribution >= 0.6 is 23.2 Å². The van der Waals surface area contributed by atoms with Crippen molar-refractivity contribution >= 4 is 29.1 Å². The van der Waals surface area contributed by atoms with Gasteiger partial charge in [-0.15, -0.1) is 0 Å². The van der Waals surface area contributed by atoms with Gasteiger partial charge in [0, 0.05) is 12.1 Å². The lowest BCUT2D eigenvalue weighted by atomic mass is 9.91. The SMILES string of the molecule is NC1CCC(NC(=O)c2c(Cl)cccc2Cl)CC1. The van der Waals surface area contributed by atoms with Gasteiger partial charge in [-0.1, -0.05) is 29.3 Å². The fourth-order valence-electron chi connectivity index (χ4n) is 2.24. The summed E-state index contributed by atoms with van der Waals surface area (Å²) in [5, 5.41) is 3.74. The van der Waals surface area contributed by atoms with Gasteiger partial charge in [0.25, 0.3) is 5.91 Å². The molecule has 1 amide bonds. The second kappa shape index (κ2) is 5.91. The number of carbonyl (C=O) groups excluding carboxylic acids is 1. The first-order valence-electron chi connectivity index (χ1n) is 6.08. The Bertz CT molecular complexity index is 422. The zero-order valence-corrected chi connectivity index (χ0v) is 11.5. The molecular formula is C13H16Cl2N2O. The van der Waals surface area contributed by atoms with E-state index in [9.17, 15) is 4.79 Å². The highest BCUT2D eigenvalue weighted by atomic mass is 35.5. The molecule has 18 heavy (non-hydrogen) atoms. The smallest absolute Gasteiger partial charge is 0.254 e. The Labute approximate surface area is 117 Å². The monoisotopic (exact) mass is 286 g/mol. The molecule has 1 aliphatic rings. The summed E-state index contributed by atoms with van der Waals surface area (Å²) in [5.41, 5.74) is 6.19. The Morgan fingerprint density at radius 2 is 1.72 bits per heavy atom. The summed E-state index contributed by atoms with van der Waals surface area (Å²) in [6.07, 6.45) is 3.71. The van der Waals surface area contributed by atoms with Crippen molar-refractivity contribution in [2.24, 2.45) is 5.73 Å². The molecule has 3 N–H and O–H groups in total. The Morgan fingerprint density at radius 3 is 2.28 bits per heavy atom. The summed E-state index contributed by atoms with van der Waals surface area (Å²) in [4.78, 5) is 12.1. The molecule has 0 saturated heterocycles. The minimum Gasteiger partial charge on any atom is -0.349 e. The standard InChI is InChI=1S/C13H16Cl2N2O/c14-10-2-1-3-11(15)12(10)13(18)17-9-6-4-8(16)5-7-9/h1-3,8-9H,4-7,16H2,(H,17,18). The van der Waals surface area contributed by atoms with E-state index < -0.39 is 0 Å². The van der Waals surface area contributed by atoms with E-state index in [1.165, 1.54) is 0 Å². The predicted molar refractivity (Wildman–Crippen MR) is 74.2 cm³/mol. The Morgan fingerprint density at radius 1 is 1.17 bits per heavy atom. The molecule has 2 rings (SSSR count). The summed E-state index contributed by atoms with van der Waals surface area (Å²) in [6.45, 7) is 0. The number of carbonyl (C=O) groups is 1. The van der Waals surface area contributed by atoms with Crippen LogP contribution in [0.15, 0.2) is 18.2 Å². The van der Waals surface area contributed by atoms with Gasteiger partial charge in [-0.25, -0.2) is 0 Å². The van der Waals surface area contributed by atoms with Gasteiger partial charge in [-0.05, 0) is 37.8 Å². The maximum atomic E-state index is 12.1. The topological polar surface area (TPSA) is 55.1 Å². The van der Waals surface area contributed by atoms with Crippen LogP contribution < -0.4 is 11.1 Å². The van der Waals surface area contributed by atoms with Crippen molar-refractivity contribution in [3.8, 4) is 0 Å². The average molecular weight is 287 g/mol. The number of amides is 1. The Balaban J connectivity index is 2.04. The van der Waals surface area contributed by atoms with E-state index in [0.717, 1.165) is 25.7 Å². The van der Waals surface area contributed by atoms with Crippen molar-refractivity contribution in [2.75, 3.05) is 0 Å². The molecule has 0 bridgehead atoms. The minimum absolute atomic E-state index is 0.171. The van der Waals surface area contributed by atoms with Crippen molar-refractivity contribution in [3.63, 3.8) is 0 Å². The molecule has 1 aromatic carbocycles. The third-order valence-electron chi connectivity index (χ3n) is 3.30. The number of halogens is 2. The molecule has 0 unspecified atom stereocenters. The number of nitrogens with two attached hydrogens (primary N) is 1. The first-order valence-corrected chi connectivity index (χ1v) is 6.84. The highest BCUT2D eigenvalue weighted by Gasteiger charge is 2.22. The van der Waals surface area contributed by atoms with Crippen molar-refractivity contribution in [1.29, 1.82) is 0 Å². The van der Waals surface area contributed by atoms with Gasteiger partial charge < -0.3 is 11.1 Å². The van der Waals surface area contributed by atoms with Gasteiger partial charge >= 0.3 is 0 Å². The summed E-state index contributed by atoms with van der Waals surface area (Å²) in [7, 11) is 0. The zero-order valence-electron chi connectivity index (χ0n) is 9.96. The number of benzene rings is 1. The molecule has 1 fully saturated rings. The summed E-state index contributed by atoms with van der Waals surface area (Å²) in [6, 6.07) is 5.49. The Kier molecular flexibility index (Phi) is 4.49. The molecule has 0 heterocycles. The number of hydrogen-bond donors (Lipinski definition) is 2. The van der Waals surface area contributed by atoms with E-state index in [-0.39, 0.29) is 18.0 Å². The fourth-order valence-corrected chi connectivity index (χ4v) is 2.80. The summed E-state index contributed by atoms with van der Waals surface area (Å²) >= 11 is 12.0. The molecule has 3 nitrogen and oxygen atoms in total. The van der Waals surface area contributed by atoms with Gasteiger partial charge in [0.05, 0.1) is 15.6 Å². The molecule has 98 valence electrons. The van der Waals surface area contributed by atoms with Crippen LogP contribution in [0.3, 0.4) is 0 Å². The second-order valence-corrected chi connectivity index (χ2v) is 5.50. The fraction of sp³-hybridized carbons (Fsp3) is 0.462. The van der Waals surface area contributed by atoms with Crippen LogP contribution in [0.5, 0.6) is 0 Å². The lowest BCUT2D eigenvalue weighted by molar-refractivity contribution is 0.0926. The third kappa shape index (κ3) is 3.16. The van der Waals surface area contributed by atoms with Crippen LogP contribution in [0.25, 0.3) is 0 Å². The molecule has 0 spiro atoms. The van der Waals surface area contributed by atoms with Crippen molar-refractivity contribution in [3.05, 3.63) is 33.8 Å². The van der Waals surface area contributed by atoms with Gasteiger partial charge in [0.15, 0.2) is 0 Å². The van der Waals surface area contributed by atoms with Gasteiger partial charge in [0.1, 0.15) is 0 Å². The molecular weight excluding hydrogens is 271 g/mol. The predicted octanol–water partition coefficient (Wildman–Crippen LogP) is 2.99. The second-order valence-electron chi connectivity index (χ2n) is 4.68. The maximum Gasteiger partial charge on any atom is 0.254 e. The van der Waals surface area contributed by atoms with Crippen LogP contribution in [-0.4, -0.2) is 18.0 Å². The van der Waals surface area contributed by atoms with E-state index >= 15 is 0 Å². The number of nitrogens with one attached hydrogen (secondary N) is 1. The van der Waals surface area contributed by atoms with Gasteiger partial charge in [0.2, 0.25) is 0 Å². The zero-order chi connectivity index (χ0) is 13.1. The van der Waals surface area contributed by atoms with Gasteiger partial charge in [-0.2, -0.15) is 0 Å². The number of hydrogen-bond acceptors (Lipinski definition) is 2. The molecule has 0 radical (unpaired) electrons. The van der Waals surface area contributed by atoms with Crippen LogP contribution in [0.4, 0.5) is 0 Å². The molecule has 1 saturated carbocycles. The molecule has 0 atom stereocenters. The van der Waals surface area contributed by atoms with Crippen LogP contribution in [0.2, 0.25) is 10.0 Å². The first kappa shape index (κ1) is 13.7. The average Bonchev–Trinajstić information content (AvgIpc) is 2.32. The minimum atomic E-state index is -0.203. The third-order valence-corrected chi connectivity index (χ3v) is 3.93. The molecule has 5 heteroatoms. The van der Waals surface area contributed by atoms with Crippen molar-refractivity contribution in [1.82, 2.24) is 5.32 Å². The summed E-state index contributed by atoms with van der Waals surface area (Å²) < 4.78 is 0. The van der Waals surface area contributed by atoms with E-state index in [2.05, 4.69) is 5.32 Å².